The molecule has 128 valence electrons. The van der Waals surface area contributed by atoms with E-state index in [0.717, 1.165) is 9.99 Å². The van der Waals surface area contributed by atoms with Gasteiger partial charge in [-0.15, -0.1) is 0 Å². The predicted octanol–water partition coefficient (Wildman–Crippen LogP) is 4.30. The molecule has 0 saturated heterocycles. The lowest BCUT2D eigenvalue weighted by molar-refractivity contribution is -0.118. The van der Waals surface area contributed by atoms with Crippen molar-refractivity contribution in [1.82, 2.24) is 10.4 Å². The second kappa shape index (κ2) is 8.03. The van der Waals surface area contributed by atoms with Crippen molar-refractivity contribution in [3.63, 3.8) is 0 Å². The van der Waals surface area contributed by atoms with Crippen LogP contribution in [0.5, 0.6) is 5.75 Å². The molecule has 25 heavy (non-hydrogen) atoms. The Morgan fingerprint density at radius 1 is 1.36 bits per heavy atom. The molecule has 0 bridgehead atoms. The molecule has 0 radical (unpaired) electrons. The Hall–Kier alpha value is -1.84. The fourth-order valence-corrected chi connectivity index (χ4v) is 3.82. The molecule has 1 amide bonds. The van der Waals surface area contributed by atoms with Gasteiger partial charge in [0.1, 0.15) is 11.3 Å². The lowest BCUT2D eigenvalue weighted by Crippen LogP contribution is -2.19. The summed E-state index contributed by atoms with van der Waals surface area (Å²) < 4.78 is 6.83. The number of hydrazone groups is 1. The van der Waals surface area contributed by atoms with Crippen LogP contribution in [0.15, 0.2) is 60.1 Å². The first-order valence-electron chi connectivity index (χ1n) is 7.01. The molecule has 3 aromatic rings. The average Bonchev–Trinajstić information content (AvgIpc) is 3.00. The van der Waals surface area contributed by atoms with Crippen molar-refractivity contribution in [1.29, 1.82) is 0 Å². The van der Waals surface area contributed by atoms with Crippen molar-refractivity contribution in [2.24, 2.45) is 5.10 Å². The Morgan fingerprint density at radius 3 is 2.96 bits per heavy atom. The minimum atomic E-state index is -0.308. The van der Waals surface area contributed by atoms with Gasteiger partial charge >= 0.3 is 0 Å². The maximum absolute atomic E-state index is 11.8. The lowest BCUT2D eigenvalue weighted by atomic mass is 10.2. The van der Waals surface area contributed by atoms with Gasteiger partial charge in [-0.3, -0.25) is 4.79 Å². The van der Waals surface area contributed by atoms with E-state index in [-0.39, 0.29) is 17.4 Å². The van der Waals surface area contributed by atoms with Crippen molar-refractivity contribution in [3.8, 4) is 5.75 Å². The number of hydrogen-bond acceptors (Lipinski definition) is 6. The number of carbonyl (C=O) groups excluding carboxylic acids is 1. The quantitative estimate of drug-likeness (QED) is 0.320. The number of nitrogens with zero attached hydrogens (tertiary/aromatic N) is 2. The smallest absolute Gasteiger partial charge is 0.257 e. The molecule has 1 heterocycles. The molecule has 3 rings (SSSR count). The molecule has 2 aromatic carbocycles. The summed E-state index contributed by atoms with van der Waals surface area (Å²) in [4.78, 5) is 16.1. The van der Waals surface area contributed by atoms with E-state index >= 15 is 0 Å². The van der Waals surface area contributed by atoms with E-state index in [4.69, 9.17) is 4.42 Å². The maximum Gasteiger partial charge on any atom is 0.257 e. The number of benzene rings is 2. The Bertz CT molecular complexity index is 926. The molecule has 0 aliphatic carbocycles. The number of rotatable bonds is 5. The second-order valence-corrected chi connectivity index (χ2v) is 7.55. The zero-order valence-corrected chi connectivity index (χ0v) is 16.6. The highest BCUT2D eigenvalue weighted by atomic mass is 79.9. The molecule has 9 heteroatoms. The second-order valence-electron chi connectivity index (χ2n) is 4.85. The van der Waals surface area contributed by atoms with Crippen LogP contribution in [0.4, 0.5) is 0 Å². The fraction of sp³-hybridized carbons (Fsp3) is 0.0625. The van der Waals surface area contributed by atoms with E-state index < -0.39 is 0 Å². The van der Waals surface area contributed by atoms with E-state index in [1.165, 1.54) is 18.0 Å². The van der Waals surface area contributed by atoms with Crippen LogP contribution in [0.3, 0.4) is 0 Å². The van der Waals surface area contributed by atoms with E-state index in [1.807, 2.05) is 24.3 Å². The molecule has 6 nitrogen and oxygen atoms in total. The molecule has 0 saturated carbocycles. The zero-order chi connectivity index (χ0) is 17.8. The molecule has 0 fully saturated rings. The van der Waals surface area contributed by atoms with Crippen LogP contribution in [-0.4, -0.2) is 28.0 Å². The number of phenolic OH excluding ortho intramolecular Hbond substituents is 1. The van der Waals surface area contributed by atoms with E-state index in [1.54, 1.807) is 12.1 Å². The summed E-state index contributed by atoms with van der Waals surface area (Å²) in [6, 6.07) is 10.8. The normalized spacial score (nSPS) is 11.3. The minimum absolute atomic E-state index is 0.0436. The topological polar surface area (TPSA) is 87.7 Å². The number of fused-ring (bicyclic) bond motifs is 1. The number of aromatic nitrogens is 1. The third-order valence-corrected chi connectivity index (χ3v) is 4.94. The number of aromatic hydroxyl groups is 1. The highest BCUT2D eigenvalue weighted by molar-refractivity contribution is 9.11. The maximum atomic E-state index is 11.8. The van der Waals surface area contributed by atoms with Gasteiger partial charge in [-0.2, -0.15) is 5.10 Å². The molecule has 0 unspecified atom stereocenters. The lowest BCUT2D eigenvalue weighted by Gasteiger charge is -2.03. The zero-order valence-electron chi connectivity index (χ0n) is 12.6. The van der Waals surface area contributed by atoms with Crippen LogP contribution in [-0.2, 0) is 4.79 Å². The van der Waals surface area contributed by atoms with Gasteiger partial charge in [-0.05, 0) is 40.2 Å². The molecular formula is C16H11Br2N3O3S. The molecule has 0 atom stereocenters. The van der Waals surface area contributed by atoms with Crippen LogP contribution in [0.25, 0.3) is 11.1 Å². The van der Waals surface area contributed by atoms with Crippen LogP contribution < -0.4 is 5.43 Å². The summed E-state index contributed by atoms with van der Waals surface area (Å²) in [6.45, 7) is 0. The summed E-state index contributed by atoms with van der Waals surface area (Å²) in [6.07, 6.45) is 1.37. The predicted molar refractivity (Wildman–Crippen MR) is 104 cm³/mol. The third-order valence-electron chi connectivity index (χ3n) is 3.05. The molecule has 0 spiro atoms. The van der Waals surface area contributed by atoms with Crippen LogP contribution in [0.1, 0.15) is 5.56 Å². The molecule has 0 aliphatic heterocycles. The number of amides is 1. The summed E-state index contributed by atoms with van der Waals surface area (Å²) in [5, 5.41) is 14.2. The van der Waals surface area contributed by atoms with Crippen molar-refractivity contribution in [3.05, 3.63) is 50.9 Å². The number of thioether (sulfide) groups is 1. The average molecular weight is 485 g/mol. The van der Waals surface area contributed by atoms with Gasteiger partial charge in [-0.1, -0.05) is 39.8 Å². The number of phenols is 1. The van der Waals surface area contributed by atoms with Crippen molar-refractivity contribution < 1.29 is 14.3 Å². The Morgan fingerprint density at radius 2 is 2.16 bits per heavy atom. The van der Waals surface area contributed by atoms with Crippen molar-refractivity contribution >= 4 is 66.8 Å². The van der Waals surface area contributed by atoms with Gasteiger partial charge in [0.25, 0.3) is 11.1 Å². The first kappa shape index (κ1) is 18.0. The standard InChI is InChI=1S/C16H11Br2N3O3S/c17-10-5-9(15(23)11(18)6-10)7-19-21-14(22)8-25-16-20-12-3-1-2-4-13(12)24-16/h1-7,23H,8H2,(H,21,22)/b19-7-. The van der Waals surface area contributed by atoms with Crippen molar-refractivity contribution in [2.45, 2.75) is 5.22 Å². The number of hydrogen-bond donors (Lipinski definition) is 2. The van der Waals surface area contributed by atoms with E-state index in [0.29, 0.717) is 20.8 Å². The molecule has 1 aromatic heterocycles. The highest BCUT2D eigenvalue weighted by Gasteiger charge is 2.09. The highest BCUT2D eigenvalue weighted by Crippen LogP contribution is 2.30. The number of carbonyl (C=O) groups is 1. The molecule has 2 N–H and O–H groups in total. The first-order valence-corrected chi connectivity index (χ1v) is 9.58. The number of oxazole rings is 1. The number of para-hydroxylation sites is 2. The molecule has 0 aliphatic rings. The van der Waals surface area contributed by atoms with Crippen LogP contribution in [0, 0.1) is 0 Å². The summed E-state index contributed by atoms with van der Waals surface area (Å²) in [5.41, 5.74) is 4.29. The fourth-order valence-electron chi connectivity index (χ4n) is 1.93. The van der Waals surface area contributed by atoms with Gasteiger partial charge in [0.2, 0.25) is 0 Å². The van der Waals surface area contributed by atoms with Crippen molar-refractivity contribution in [2.75, 3.05) is 5.75 Å². The van der Waals surface area contributed by atoms with E-state index in [9.17, 15) is 9.90 Å². The Labute approximate surface area is 164 Å². The third kappa shape index (κ3) is 4.62. The van der Waals surface area contributed by atoms with E-state index in [2.05, 4.69) is 47.4 Å². The summed E-state index contributed by atoms with van der Waals surface area (Å²) in [7, 11) is 0. The largest absolute Gasteiger partial charge is 0.506 e. The van der Waals surface area contributed by atoms with Gasteiger partial charge in [0, 0.05) is 10.0 Å². The monoisotopic (exact) mass is 483 g/mol. The van der Waals surface area contributed by atoms with Gasteiger partial charge < -0.3 is 9.52 Å². The van der Waals surface area contributed by atoms with Gasteiger partial charge in [0.15, 0.2) is 5.58 Å². The Balaban J connectivity index is 1.56. The minimum Gasteiger partial charge on any atom is -0.506 e. The van der Waals surface area contributed by atoms with Gasteiger partial charge in [-0.25, -0.2) is 10.4 Å². The molecular weight excluding hydrogens is 474 g/mol. The number of halogens is 2. The SMILES string of the molecule is O=C(CSc1nc2ccccc2o1)N/N=C\c1cc(Br)cc(Br)c1O. The number of nitrogens with one attached hydrogen (secondary N) is 1. The van der Waals surface area contributed by atoms with Crippen LogP contribution in [0.2, 0.25) is 0 Å². The first-order chi connectivity index (χ1) is 12.0. The summed E-state index contributed by atoms with van der Waals surface area (Å²) in [5.74, 6) is -0.155. The Kier molecular flexibility index (Phi) is 5.77. The van der Waals surface area contributed by atoms with Gasteiger partial charge in [0.05, 0.1) is 16.4 Å². The van der Waals surface area contributed by atoms with Crippen LogP contribution >= 0.6 is 43.6 Å². The summed E-state index contributed by atoms with van der Waals surface area (Å²) >= 11 is 7.74.